The smallest absolute Gasteiger partial charge is 0.407 e. The summed E-state index contributed by atoms with van der Waals surface area (Å²) in [7, 11) is 0. The molecule has 2 amide bonds. The fourth-order valence-electron chi connectivity index (χ4n) is 4.43. The summed E-state index contributed by atoms with van der Waals surface area (Å²) in [6.07, 6.45) is 2.77. The molecule has 1 aliphatic rings. The van der Waals surface area contributed by atoms with E-state index in [-0.39, 0.29) is 12.5 Å². The highest BCUT2D eigenvalue weighted by atomic mass is 35.5. The van der Waals surface area contributed by atoms with Crippen molar-refractivity contribution in [1.29, 1.82) is 0 Å². The first-order valence-corrected chi connectivity index (χ1v) is 14.1. The van der Waals surface area contributed by atoms with Crippen molar-refractivity contribution >= 4 is 35.2 Å². The summed E-state index contributed by atoms with van der Waals surface area (Å²) >= 11 is 12.7. The van der Waals surface area contributed by atoms with Gasteiger partial charge in [-0.2, -0.15) is 5.10 Å². The third-order valence-electron chi connectivity index (χ3n) is 6.26. The maximum atomic E-state index is 13.3. The zero-order chi connectivity index (χ0) is 28.9. The number of hydrazine groups is 1. The van der Waals surface area contributed by atoms with E-state index in [0.717, 1.165) is 42.8 Å². The molecule has 0 bridgehead atoms. The van der Waals surface area contributed by atoms with Crippen molar-refractivity contribution in [3.8, 4) is 22.7 Å². The minimum Gasteiger partial charge on any atom is -0.492 e. The summed E-state index contributed by atoms with van der Waals surface area (Å²) in [5.41, 5.74) is 5.65. The van der Waals surface area contributed by atoms with Crippen LogP contribution in [0, 0.1) is 6.92 Å². The Kier molecular flexibility index (Phi) is 9.60. The number of hydrogen-bond donors (Lipinski definition) is 2. The van der Waals surface area contributed by atoms with Crippen LogP contribution in [0.1, 0.15) is 56.1 Å². The van der Waals surface area contributed by atoms with Crippen molar-refractivity contribution in [2.75, 3.05) is 26.2 Å². The summed E-state index contributed by atoms with van der Waals surface area (Å²) in [4.78, 5) is 25.1. The molecule has 9 nitrogen and oxygen atoms in total. The van der Waals surface area contributed by atoms with Crippen LogP contribution >= 0.6 is 23.2 Å². The predicted octanol–water partition coefficient (Wildman–Crippen LogP) is 6.19. The van der Waals surface area contributed by atoms with Gasteiger partial charge in [0.1, 0.15) is 18.0 Å². The monoisotopic (exact) mass is 587 g/mol. The maximum Gasteiger partial charge on any atom is 0.407 e. The molecule has 2 N–H and O–H groups in total. The van der Waals surface area contributed by atoms with Crippen LogP contribution in [0.3, 0.4) is 0 Å². The summed E-state index contributed by atoms with van der Waals surface area (Å²) in [6.45, 7) is 9.51. The fourth-order valence-corrected chi connectivity index (χ4v) is 4.91. The van der Waals surface area contributed by atoms with Crippen molar-refractivity contribution in [3.05, 3.63) is 63.8 Å². The Morgan fingerprint density at radius 3 is 2.38 bits per heavy atom. The van der Waals surface area contributed by atoms with E-state index >= 15 is 0 Å². The Morgan fingerprint density at radius 1 is 1.02 bits per heavy atom. The van der Waals surface area contributed by atoms with Gasteiger partial charge in [0, 0.05) is 29.2 Å². The molecule has 1 aromatic heterocycles. The molecule has 0 spiro atoms. The molecule has 1 saturated heterocycles. The molecule has 40 heavy (non-hydrogen) atoms. The number of rotatable bonds is 8. The van der Waals surface area contributed by atoms with Crippen molar-refractivity contribution < 1.29 is 19.1 Å². The third-order valence-corrected chi connectivity index (χ3v) is 6.80. The second kappa shape index (κ2) is 12.9. The molecule has 214 valence electrons. The topological polar surface area (TPSA) is 97.7 Å². The molecule has 0 saturated carbocycles. The van der Waals surface area contributed by atoms with E-state index in [1.807, 2.05) is 57.0 Å². The Balaban J connectivity index is 1.54. The van der Waals surface area contributed by atoms with Crippen molar-refractivity contribution in [2.45, 2.75) is 52.6 Å². The number of alkyl carbamates (subject to hydrolysis) is 1. The molecule has 0 aliphatic carbocycles. The summed E-state index contributed by atoms with van der Waals surface area (Å²) in [6, 6.07) is 12.6. The van der Waals surface area contributed by atoms with Crippen LogP contribution in [0.4, 0.5) is 4.79 Å². The van der Waals surface area contributed by atoms with E-state index < -0.39 is 11.7 Å². The van der Waals surface area contributed by atoms with Gasteiger partial charge in [0.2, 0.25) is 0 Å². The lowest BCUT2D eigenvalue weighted by atomic mass is 10.1. The van der Waals surface area contributed by atoms with Crippen molar-refractivity contribution in [1.82, 2.24) is 25.5 Å². The first kappa shape index (κ1) is 29.7. The van der Waals surface area contributed by atoms with Gasteiger partial charge in [0.05, 0.1) is 22.9 Å². The molecule has 1 aliphatic heterocycles. The number of hydrogen-bond acceptors (Lipinski definition) is 6. The number of nitrogens with zero attached hydrogens (tertiary/aromatic N) is 3. The average Bonchev–Trinajstić information content (AvgIpc) is 3.23. The van der Waals surface area contributed by atoms with Crippen LogP contribution < -0.4 is 15.5 Å². The molecule has 1 fully saturated rings. The first-order chi connectivity index (χ1) is 19.0. The lowest BCUT2D eigenvalue weighted by molar-refractivity contribution is 0.0520. The number of carbonyl (C=O) groups is 2. The van der Waals surface area contributed by atoms with Crippen molar-refractivity contribution in [2.24, 2.45) is 0 Å². The van der Waals surface area contributed by atoms with Crippen LogP contribution in [0.25, 0.3) is 16.9 Å². The number of aromatic nitrogens is 2. The third kappa shape index (κ3) is 7.68. The molecule has 0 radical (unpaired) electrons. The molecule has 2 heterocycles. The lowest BCUT2D eigenvalue weighted by Gasteiger charge is -2.26. The minimum absolute atomic E-state index is 0.262. The first-order valence-electron chi connectivity index (χ1n) is 13.3. The summed E-state index contributed by atoms with van der Waals surface area (Å²) in [5.74, 6) is 0.368. The van der Waals surface area contributed by atoms with Gasteiger partial charge < -0.3 is 14.8 Å². The number of carbonyl (C=O) groups excluding carboxylic acids is 2. The van der Waals surface area contributed by atoms with E-state index in [4.69, 9.17) is 37.8 Å². The van der Waals surface area contributed by atoms with Gasteiger partial charge in [-0.15, -0.1) is 0 Å². The second-order valence-electron chi connectivity index (χ2n) is 10.6. The van der Waals surface area contributed by atoms with Crippen LogP contribution in [-0.4, -0.2) is 58.6 Å². The Bertz CT molecular complexity index is 1350. The standard InChI is InChI=1S/C29H35Cl2N5O4/c1-19-25(27(37)34-35-15-6-5-7-16-35)33-36(24-13-10-21(30)18-23(24)31)26(19)20-8-11-22(12-9-20)39-17-14-32-28(38)40-29(2,3)4/h8-13,18H,5-7,14-17H2,1-4H3,(H,32,38)(H,34,37). The summed E-state index contributed by atoms with van der Waals surface area (Å²) in [5, 5.41) is 10.2. The number of nitrogens with one attached hydrogen (secondary N) is 2. The summed E-state index contributed by atoms with van der Waals surface area (Å²) < 4.78 is 12.7. The largest absolute Gasteiger partial charge is 0.492 e. The van der Waals surface area contributed by atoms with E-state index in [9.17, 15) is 9.59 Å². The Morgan fingerprint density at radius 2 is 1.73 bits per heavy atom. The maximum absolute atomic E-state index is 13.3. The van der Waals surface area contributed by atoms with Gasteiger partial charge in [-0.1, -0.05) is 29.6 Å². The number of halogens is 2. The zero-order valence-corrected chi connectivity index (χ0v) is 24.7. The fraction of sp³-hybridized carbons (Fsp3) is 0.414. The van der Waals surface area contributed by atoms with Gasteiger partial charge >= 0.3 is 6.09 Å². The van der Waals surface area contributed by atoms with Gasteiger partial charge in [-0.3, -0.25) is 10.2 Å². The lowest BCUT2D eigenvalue weighted by Crippen LogP contribution is -2.45. The molecular formula is C29H35Cl2N5O4. The van der Waals surface area contributed by atoms with E-state index in [1.165, 1.54) is 6.42 Å². The Labute approximate surface area is 244 Å². The van der Waals surface area contributed by atoms with Crippen LogP contribution in [0.15, 0.2) is 42.5 Å². The van der Waals surface area contributed by atoms with Crippen LogP contribution in [0.2, 0.25) is 10.0 Å². The van der Waals surface area contributed by atoms with Gasteiger partial charge in [0.15, 0.2) is 5.69 Å². The SMILES string of the molecule is Cc1c(C(=O)NN2CCCCC2)nn(-c2ccc(Cl)cc2Cl)c1-c1ccc(OCCNC(=O)OC(C)(C)C)cc1. The highest BCUT2D eigenvalue weighted by molar-refractivity contribution is 6.35. The van der Waals surface area contributed by atoms with Crippen LogP contribution in [-0.2, 0) is 4.74 Å². The molecule has 0 unspecified atom stereocenters. The van der Waals surface area contributed by atoms with Gasteiger partial charge in [-0.25, -0.2) is 14.5 Å². The molecular weight excluding hydrogens is 553 g/mol. The quantitative estimate of drug-likeness (QED) is 0.305. The highest BCUT2D eigenvalue weighted by Crippen LogP contribution is 2.33. The van der Waals surface area contributed by atoms with E-state index in [1.54, 1.807) is 22.9 Å². The van der Waals surface area contributed by atoms with E-state index in [2.05, 4.69) is 10.7 Å². The predicted molar refractivity (Wildman–Crippen MR) is 156 cm³/mol. The molecule has 3 aromatic rings. The second-order valence-corrected chi connectivity index (χ2v) is 11.5. The average molecular weight is 589 g/mol. The van der Waals surface area contributed by atoms with Gasteiger partial charge in [0.25, 0.3) is 5.91 Å². The zero-order valence-electron chi connectivity index (χ0n) is 23.2. The number of benzene rings is 2. The molecule has 2 aromatic carbocycles. The van der Waals surface area contributed by atoms with Gasteiger partial charge in [-0.05, 0) is 83.0 Å². The highest BCUT2D eigenvalue weighted by Gasteiger charge is 2.25. The Hall–Kier alpha value is -3.27. The number of amides is 2. The number of ether oxygens (including phenoxy) is 2. The normalized spacial score (nSPS) is 14.1. The van der Waals surface area contributed by atoms with Crippen LogP contribution in [0.5, 0.6) is 5.75 Å². The molecule has 0 atom stereocenters. The number of piperidine rings is 1. The molecule has 4 rings (SSSR count). The van der Waals surface area contributed by atoms with E-state index in [0.29, 0.717) is 33.7 Å². The minimum atomic E-state index is -0.560. The molecule has 11 heteroatoms. The van der Waals surface area contributed by atoms with Crippen molar-refractivity contribution in [3.63, 3.8) is 0 Å².